The Balaban J connectivity index is 1.61. The van der Waals surface area contributed by atoms with E-state index in [1.54, 1.807) is 0 Å². The van der Waals surface area contributed by atoms with E-state index < -0.39 is 12.0 Å². The number of fused-ring (bicyclic) bond motifs is 1. The summed E-state index contributed by atoms with van der Waals surface area (Å²) in [6, 6.07) is -0.450. The Morgan fingerprint density at radius 1 is 1.14 bits per heavy atom. The lowest BCUT2D eigenvalue weighted by molar-refractivity contribution is -0.145. The van der Waals surface area contributed by atoms with E-state index in [1.165, 1.54) is 0 Å². The predicted molar refractivity (Wildman–Crippen MR) is 77.9 cm³/mol. The van der Waals surface area contributed by atoms with Crippen molar-refractivity contribution in [1.82, 2.24) is 14.7 Å². The molecule has 118 valence electrons. The molecule has 2 saturated heterocycles. The maximum absolute atomic E-state index is 12.4. The monoisotopic (exact) mass is 295 g/mol. The Morgan fingerprint density at radius 2 is 1.86 bits per heavy atom. The van der Waals surface area contributed by atoms with Crippen molar-refractivity contribution in [3.63, 3.8) is 0 Å². The molecule has 1 amide bonds. The van der Waals surface area contributed by atoms with Crippen LogP contribution in [0.25, 0.3) is 0 Å². The van der Waals surface area contributed by atoms with Crippen LogP contribution in [0, 0.1) is 11.8 Å². The van der Waals surface area contributed by atoms with Crippen molar-refractivity contribution in [2.75, 3.05) is 46.3 Å². The Hall–Kier alpha value is -1.14. The van der Waals surface area contributed by atoms with E-state index in [1.807, 2.05) is 9.80 Å². The lowest BCUT2D eigenvalue weighted by atomic mass is 9.94. The van der Waals surface area contributed by atoms with Gasteiger partial charge < -0.3 is 14.9 Å². The van der Waals surface area contributed by atoms with Crippen LogP contribution in [0.2, 0.25) is 0 Å². The molecule has 6 heteroatoms. The van der Waals surface area contributed by atoms with E-state index in [4.69, 9.17) is 0 Å². The first-order chi connectivity index (χ1) is 10.1. The number of carboxylic acids is 1. The number of carbonyl (C=O) groups is 2. The van der Waals surface area contributed by atoms with Gasteiger partial charge in [-0.2, -0.15) is 0 Å². The molecule has 3 fully saturated rings. The minimum atomic E-state index is -0.754. The zero-order valence-electron chi connectivity index (χ0n) is 12.7. The molecular weight excluding hydrogens is 270 g/mol. The molecule has 3 unspecified atom stereocenters. The molecule has 21 heavy (non-hydrogen) atoms. The van der Waals surface area contributed by atoms with Gasteiger partial charge in [0, 0.05) is 32.7 Å². The van der Waals surface area contributed by atoms with Crippen LogP contribution >= 0.6 is 0 Å². The third kappa shape index (κ3) is 2.92. The van der Waals surface area contributed by atoms with Gasteiger partial charge in [0.25, 0.3) is 0 Å². The molecule has 3 aliphatic rings. The molecule has 1 N–H and O–H groups in total. The molecule has 2 heterocycles. The maximum Gasteiger partial charge on any atom is 0.321 e. The number of carboxylic acid groups (broad SMARTS) is 1. The average molecular weight is 295 g/mol. The average Bonchev–Trinajstić information content (AvgIpc) is 2.98. The molecule has 2 aliphatic heterocycles. The van der Waals surface area contributed by atoms with Crippen LogP contribution in [-0.2, 0) is 9.59 Å². The lowest BCUT2D eigenvalue weighted by Gasteiger charge is -2.34. The van der Waals surface area contributed by atoms with Crippen molar-refractivity contribution in [2.45, 2.75) is 25.3 Å². The molecule has 3 rings (SSSR count). The predicted octanol–water partition coefficient (Wildman–Crippen LogP) is -0.0545. The van der Waals surface area contributed by atoms with E-state index >= 15 is 0 Å². The van der Waals surface area contributed by atoms with Crippen molar-refractivity contribution < 1.29 is 14.7 Å². The number of likely N-dealkylation sites (N-methyl/N-ethyl adjacent to an activating group) is 1. The van der Waals surface area contributed by atoms with Crippen LogP contribution in [0.1, 0.15) is 19.3 Å². The highest BCUT2D eigenvalue weighted by molar-refractivity contribution is 5.80. The molecule has 0 spiro atoms. The van der Waals surface area contributed by atoms with Gasteiger partial charge in [-0.05, 0) is 31.7 Å². The minimum absolute atomic E-state index is 0.0920. The molecule has 1 saturated carbocycles. The number of carbonyl (C=O) groups excluding carboxylic acids is 1. The fourth-order valence-corrected chi connectivity index (χ4v) is 4.23. The summed E-state index contributed by atoms with van der Waals surface area (Å²) in [5.74, 6) is 0.0686. The summed E-state index contributed by atoms with van der Waals surface area (Å²) in [5.41, 5.74) is 0. The number of amides is 1. The standard InChI is InChI=1S/C15H25N3O3/c1-16-5-7-17(8-6-16)13(19)10-18-9-11-3-2-4-12(11)14(18)15(20)21/h11-12,14H,2-10H2,1H3,(H,20,21). The second-order valence-electron chi connectivity index (χ2n) is 6.75. The van der Waals surface area contributed by atoms with Crippen molar-refractivity contribution >= 4 is 11.9 Å². The van der Waals surface area contributed by atoms with Gasteiger partial charge in [-0.25, -0.2) is 0 Å². The number of rotatable bonds is 3. The number of piperazine rings is 1. The summed E-state index contributed by atoms with van der Waals surface area (Å²) in [6.07, 6.45) is 3.26. The third-order valence-electron chi connectivity index (χ3n) is 5.43. The Kier molecular flexibility index (Phi) is 4.17. The number of likely N-dealkylation sites (tertiary alicyclic amines) is 1. The Labute approximate surface area is 125 Å². The number of hydrogen-bond acceptors (Lipinski definition) is 4. The smallest absolute Gasteiger partial charge is 0.321 e. The highest BCUT2D eigenvalue weighted by Gasteiger charge is 2.48. The van der Waals surface area contributed by atoms with E-state index in [0.717, 1.165) is 52.0 Å². The third-order valence-corrected chi connectivity index (χ3v) is 5.43. The Bertz CT molecular complexity index is 420. The van der Waals surface area contributed by atoms with Crippen LogP contribution < -0.4 is 0 Å². The summed E-state index contributed by atoms with van der Waals surface area (Å²) in [4.78, 5) is 30.0. The molecule has 0 aromatic carbocycles. The second-order valence-corrected chi connectivity index (χ2v) is 6.75. The van der Waals surface area contributed by atoms with Crippen molar-refractivity contribution in [3.8, 4) is 0 Å². The zero-order valence-corrected chi connectivity index (χ0v) is 12.7. The topological polar surface area (TPSA) is 64.1 Å². The number of aliphatic carboxylic acids is 1. The van der Waals surface area contributed by atoms with Gasteiger partial charge in [-0.1, -0.05) is 6.42 Å². The van der Waals surface area contributed by atoms with Gasteiger partial charge >= 0.3 is 5.97 Å². The van der Waals surface area contributed by atoms with Gasteiger partial charge in [0.15, 0.2) is 0 Å². The van der Waals surface area contributed by atoms with Gasteiger partial charge in [0.2, 0.25) is 5.91 Å². The second kappa shape index (κ2) is 5.93. The van der Waals surface area contributed by atoms with E-state index in [9.17, 15) is 14.7 Å². The van der Waals surface area contributed by atoms with Gasteiger partial charge in [0.05, 0.1) is 6.54 Å². The highest BCUT2D eigenvalue weighted by atomic mass is 16.4. The SMILES string of the molecule is CN1CCN(C(=O)CN2CC3CCCC3C2C(=O)O)CC1. The van der Waals surface area contributed by atoms with Gasteiger partial charge in [0.1, 0.15) is 6.04 Å². The maximum atomic E-state index is 12.4. The van der Waals surface area contributed by atoms with E-state index in [-0.39, 0.29) is 18.4 Å². The summed E-state index contributed by atoms with van der Waals surface area (Å²) >= 11 is 0. The van der Waals surface area contributed by atoms with Crippen LogP contribution in [0.5, 0.6) is 0 Å². The first-order valence-electron chi connectivity index (χ1n) is 7.99. The molecular formula is C15H25N3O3. The first kappa shape index (κ1) is 14.8. The van der Waals surface area contributed by atoms with Gasteiger partial charge in [-0.3, -0.25) is 14.5 Å². The minimum Gasteiger partial charge on any atom is -0.480 e. The Morgan fingerprint density at radius 3 is 2.52 bits per heavy atom. The van der Waals surface area contributed by atoms with E-state index in [2.05, 4.69) is 11.9 Å². The molecule has 0 radical (unpaired) electrons. The molecule has 0 aromatic rings. The summed E-state index contributed by atoms with van der Waals surface area (Å²) in [6.45, 7) is 4.37. The molecule has 0 aromatic heterocycles. The molecule has 1 aliphatic carbocycles. The molecule has 0 bridgehead atoms. The van der Waals surface area contributed by atoms with Crippen molar-refractivity contribution in [3.05, 3.63) is 0 Å². The largest absolute Gasteiger partial charge is 0.480 e. The van der Waals surface area contributed by atoms with Crippen LogP contribution in [-0.4, -0.2) is 84.0 Å². The number of hydrogen-bond donors (Lipinski definition) is 1. The summed E-state index contributed by atoms with van der Waals surface area (Å²) in [5, 5.41) is 9.52. The summed E-state index contributed by atoms with van der Waals surface area (Å²) < 4.78 is 0. The fourth-order valence-electron chi connectivity index (χ4n) is 4.23. The van der Waals surface area contributed by atoms with Crippen LogP contribution in [0.15, 0.2) is 0 Å². The van der Waals surface area contributed by atoms with Crippen molar-refractivity contribution in [1.29, 1.82) is 0 Å². The zero-order chi connectivity index (χ0) is 15.0. The van der Waals surface area contributed by atoms with Crippen molar-refractivity contribution in [2.24, 2.45) is 11.8 Å². The summed E-state index contributed by atoms with van der Waals surface area (Å²) in [7, 11) is 2.06. The first-order valence-corrected chi connectivity index (χ1v) is 7.99. The van der Waals surface area contributed by atoms with Crippen LogP contribution in [0.3, 0.4) is 0 Å². The van der Waals surface area contributed by atoms with Gasteiger partial charge in [-0.15, -0.1) is 0 Å². The molecule has 3 atom stereocenters. The quantitative estimate of drug-likeness (QED) is 0.790. The van der Waals surface area contributed by atoms with Crippen LogP contribution in [0.4, 0.5) is 0 Å². The normalized spacial score (nSPS) is 34.1. The lowest BCUT2D eigenvalue weighted by Crippen LogP contribution is -2.51. The fraction of sp³-hybridized carbons (Fsp3) is 0.867. The molecule has 6 nitrogen and oxygen atoms in total. The number of nitrogens with zero attached hydrogens (tertiary/aromatic N) is 3. The highest BCUT2D eigenvalue weighted by Crippen LogP contribution is 2.42. The van der Waals surface area contributed by atoms with E-state index in [0.29, 0.717) is 5.92 Å².